The Morgan fingerprint density at radius 2 is 1.85 bits per heavy atom. The molecule has 104 valence electrons. The standard InChI is InChI=1S/C13H9F3N2O2/c14-11-6-3-9(7-17-11)18-12(19)8-1-4-10(5-2-8)20-13(15)16/h1-7,13H,(H,18,19). The van der Waals surface area contributed by atoms with E-state index in [0.29, 0.717) is 5.69 Å². The smallest absolute Gasteiger partial charge is 0.387 e. The van der Waals surface area contributed by atoms with Crippen LogP contribution in [0.15, 0.2) is 42.6 Å². The molecule has 0 aliphatic carbocycles. The Kier molecular flexibility index (Phi) is 4.19. The lowest BCUT2D eigenvalue weighted by atomic mass is 10.2. The first kappa shape index (κ1) is 13.9. The van der Waals surface area contributed by atoms with E-state index in [0.717, 1.165) is 6.07 Å². The topological polar surface area (TPSA) is 51.2 Å². The first-order valence-electron chi connectivity index (χ1n) is 5.52. The van der Waals surface area contributed by atoms with Gasteiger partial charge in [-0.3, -0.25) is 4.79 Å². The summed E-state index contributed by atoms with van der Waals surface area (Å²) in [6.07, 6.45) is 1.17. The van der Waals surface area contributed by atoms with Crippen molar-refractivity contribution in [2.75, 3.05) is 5.32 Å². The van der Waals surface area contributed by atoms with Crippen LogP contribution in [-0.2, 0) is 0 Å². The van der Waals surface area contributed by atoms with Gasteiger partial charge in [-0.05, 0) is 36.4 Å². The molecule has 7 heteroatoms. The molecule has 0 aliphatic heterocycles. The molecule has 1 aromatic carbocycles. The molecule has 1 aromatic heterocycles. The first-order valence-corrected chi connectivity index (χ1v) is 5.52. The highest BCUT2D eigenvalue weighted by molar-refractivity contribution is 6.04. The van der Waals surface area contributed by atoms with Crippen LogP contribution in [0.5, 0.6) is 5.75 Å². The number of anilines is 1. The minimum Gasteiger partial charge on any atom is -0.435 e. The van der Waals surface area contributed by atoms with Gasteiger partial charge in [-0.1, -0.05) is 0 Å². The number of halogens is 3. The van der Waals surface area contributed by atoms with Crippen molar-refractivity contribution in [1.82, 2.24) is 4.98 Å². The lowest BCUT2D eigenvalue weighted by Gasteiger charge is -2.07. The molecule has 20 heavy (non-hydrogen) atoms. The Hall–Kier alpha value is -2.57. The van der Waals surface area contributed by atoms with Crippen LogP contribution in [0.1, 0.15) is 10.4 Å². The molecular formula is C13H9F3N2O2. The van der Waals surface area contributed by atoms with Gasteiger partial charge in [0.15, 0.2) is 0 Å². The van der Waals surface area contributed by atoms with E-state index < -0.39 is 18.5 Å². The highest BCUT2D eigenvalue weighted by Gasteiger charge is 2.08. The molecule has 0 atom stereocenters. The molecule has 0 saturated heterocycles. The summed E-state index contributed by atoms with van der Waals surface area (Å²) in [6, 6.07) is 7.64. The largest absolute Gasteiger partial charge is 0.435 e. The lowest BCUT2D eigenvalue weighted by molar-refractivity contribution is -0.0498. The van der Waals surface area contributed by atoms with Gasteiger partial charge >= 0.3 is 6.61 Å². The molecule has 0 saturated carbocycles. The third kappa shape index (κ3) is 3.71. The van der Waals surface area contributed by atoms with Gasteiger partial charge in [0.1, 0.15) is 5.75 Å². The third-order valence-electron chi connectivity index (χ3n) is 2.33. The normalized spacial score (nSPS) is 10.4. The second-order valence-electron chi connectivity index (χ2n) is 3.73. The quantitative estimate of drug-likeness (QED) is 0.877. The summed E-state index contributed by atoms with van der Waals surface area (Å²) in [4.78, 5) is 15.2. The Bertz CT molecular complexity index is 586. The second kappa shape index (κ2) is 6.05. The predicted octanol–water partition coefficient (Wildman–Crippen LogP) is 3.07. The maximum absolute atomic E-state index is 12.6. The molecule has 0 fully saturated rings. The Balaban J connectivity index is 2.03. The van der Waals surface area contributed by atoms with E-state index in [4.69, 9.17) is 0 Å². The second-order valence-corrected chi connectivity index (χ2v) is 3.73. The van der Waals surface area contributed by atoms with E-state index >= 15 is 0 Å². The Labute approximate surface area is 112 Å². The number of rotatable bonds is 4. The summed E-state index contributed by atoms with van der Waals surface area (Å²) < 4.78 is 40.7. The number of alkyl halides is 2. The highest BCUT2D eigenvalue weighted by Crippen LogP contribution is 2.16. The molecule has 0 radical (unpaired) electrons. The summed E-state index contributed by atoms with van der Waals surface area (Å²) in [5, 5.41) is 2.49. The summed E-state index contributed by atoms with van der Waals surface area (Å²) in [5.41, 5.74) is 0.570. The molecular weight excluding hydrogens is 273 g/mol. The minimum absolute atomic E-state index is 0.0417. The Morgan fingerprint density at radius 1 is 1.15 bits per heavy atom. The molecule has 0 unspecified atom stereocenters. The number of carbonyl (C=O) groups is 1. The number of aromatic nitrogens is 1. The summed E-state index contributed by atoms with van der Waals surface area (Å²) in [7, 11) is 0. The number of carbonyl (C=O) groups excluding carboxylic acids is 1. The number of nitrogens with zero attached hydrogens (tertiary/aromatic N) is 1. The number of amides is 1. The van der Waals surface area contributed by atoms with Crippen LogP contribution in [0, 0.1) is 5.95 Å². The van der Waals surface area contributed by atoms with Gasteiger partial charge in [-0.2, -0.15) is 13.2 Å². The fraction of sp³-hybridized carbons (Fsp3) is 0.0769. The molecule has 1 amide bonds. The number of benzene rings is 1. The van der Waals surface area contributed by atoms with E-state index in [9.17, 15) is 18.0 Å². The van der Waals surface area contributed by atoms with Crippen molar-refractivity contribution in [1.29, 1.82) is 0 Å². The molecule has 1 heterocycles. The van der Waals surface area contributed by atoms with Crippen LogP contribution < -0.4 is 10.1 Å². The molecule has 1 N–H and O–H groups in total. The fourth-order valence-corrected chi connectivity index (χ4v) is 1.44. The summed E-state index contributed by atoms with van der Waals surface area (Å²) >= 11 is 0. The molecule has 0 bridgehead atoms. The van der Waals surface area contributed by atoms with Gasteiger partial charge < -0.3 is 10.1 Å². The Morgan fingerprint density at radius 3 is 2.40 bits per heavy atom. The molecule has 0 aliphatic rings. The monoisotopic (exact) mass is 282 g/mol. The zero-order chi connectivity index (χ0) is 14.5. The maximum atomic E-state index is 12.6. The predicted molar refractivity (Wildman–Crippen MR) is 65.2 cm³/mol. The molecule has 2 aromatic rings. The molecule has 0 spiro atoms. The van der Waals surface area contributed by atoms with Crippen molar-refractivity contribution in [3.8, 4) is 5.75 Å². The van der Waals surface area contributed by atoms with Gasteiger partial charge in [0.2, 0.25) is 5.95 Å². The van der Waals surface area contributed by atoms with Crippen molar-refractivity contribution in [2.45, 2.75) is 6.61 Å². The van der Waals surface area contributed by atoms with Gasteiger partial charge in [0, 0.05) is 5.56 Å². The van der Waals surface area contributed by atoms with Crippen molar-refractivity contribution >= 4 is 11.6 Å². The SMILES string of the molecule is O=C(Nc1ccc(F)nc1)c1ccc(OC(F)F)cc1. The number of ether oxygens (including phenoxy) is 1. The van der Waals surface area contributed by atoms with Crippen molar-refractivity contribution in [3.63, 3.8) is 0 Å². The van der Waals surface area contributed by atoms with Gasteiger partial charge in [-0.25, -0.2) is 4.98 Å². The van der Waals surface area contributed by atoms with E-state index in [1.807, 2.05) is 0 Å². The number of hydrogen-bond donors (Lipinski definition) is 1. The van der Waals surface area contributed by atoms with Crippen molar-refractivity contribution < 1.29 is 22.7 Å². The number of nitrogens with one attached hydrogen (secondary N) is 1. The van der Waals surface area contributed by atoms with Crippen molar-refractivity contribution in [3.05, 3.63) is 54.1 Å². The van der Waals surface area contributed by atoms with Crippen LogP contribution in [0.4, 0.5) is 18.9 Å². The zero-order valence-corrected chi connectivity index (χ0v) is 10.0. The maximum Gasteiger partial charge on any atom is 0.387 e. The minimum atomic E-state index is -2.92. The van der Waals surface area contributed by atoms with Crippen LogP contribution in [-0.4, -0.2) is 17.5 Å². The van der Waals surface area contributed by atoms with Crippen LogP contribution in [0.2, 0.25) is 0 Å². The average molecular weight is 282 g/mol. The van der Waals surface area contributed by atoms with Crippen molar-refractivity contribution in [2.24, 2.45) is 0 Å². The van der Waals surface area contributed by atoms with Crippen LogP contribution in [0.3, 0.4) is 0 Å². The molecule has 4 nitrogen and oxygen atoms in total. The summed E-state index contributed by atoms with van der Waals surface area (Å²) in [6.45, 7) is -2.92. The van der Waals surface area contributed by atoms with Gasteiger partial charge in [-0.15, -0.1) is 0 Å². The lowest BCUT2D eigenvalue weighted by Crippen LogP contribution is -2.12. The average Bonchev–Trinajstić information content (AvgIpc) is 2.41. The van der Waals surface area contributed by atoms with E-state index in [-0.39, 0.29) is 11.3 Å². The number of hydrogen-bond acceptors (Lipinski definition) is 3. The summed E-state index contributed by atoms with van der Waals surface area (Å²) in [5.74, 6) is -1.17. The first-order chi connectivity index (χ1) is 9.54. The van der Waals surface area contributed by atoms with Crippen LogP contribution in [0.25, 0.3) is 0 Å². The zero-order valence-electron chi connectivity index (χ0n) is 10.0. The highest BCUT2D eigenvalue weighted by atomic mass is 19.3. The van der Waals surface area contributed by atoms with Gasteiger partial charge in [0.05, 0.1) is 11.9 Å². The van der Waals surface area contributed by atoms with Gasteiger partial charge in [0.25, 0.3) is 5.91 Å². The van der Waals surface area contributed by atoms with E-state index in [1.54, 1.807) is 0 Å². The fourth-order valence-electron chi connectivity index (χ4n) is 1.44. The number of pyridine rings is 1. The third-order valence-corrected chi connectivity index (χ3v) is 2.33. The van der Waals surface area contributed by atoms with E-state index in [2.05, 4.69) is 15.0 Å². The van der Waals surface area contributed by atoms with Crippen LogP contribution >= 0.6 is 0 Å². The van der Waals surface area contributed by atoms with E-state index in [1.165, 1.54) is 36.5 Å². The molecule has 2 rings (SSSR count).